The molecule has 0 aliphatic rings. The lowest BCUT2D eigenvalue weighted by Gasteiger charge is -2.09. The second-order valence-corrected chi connectivity index (χ2v) is 3.64. The molecule has 0 bridgehead atoms. The van der Waals surface area contributed by atoms with E-state index in [-0.39, 0.29) is 5.91 Å². The Bertz CT molecular complexity index is 418. The maximum absolute atomic E-state index is 11.7. The van der Waals surface area contributed by atoms with Crippen LogP contribution in [-0.4, -0.2) is 11.9 Å². The average Bonchev–Trinajstić information content (AvgIpc) is 2.17. The van der Waals surface area contributed by atoms with Crippen LogP contribution in [0, 0.1) is 25.2 Å². The van der Waals surface area contributed by atoms with E-state index in [1.54, 1.807) is 13.0 Å². The highest BCUT2D eigenvalue weighted by atomic mass is 16.1. The third-order valence-electron chi connectivity index (χ3n) is 2.17. The molecule has 0 heterocycles. The van der Waals surface area contributed by atoms with Crippen LogP contribution in [0.2, 0.25) is 0 Å². The standard InChI is InChI=1S/C12H14N2O/c1-8-4-5-11(9(2)6-8)12(15)14-10(3)7-13/h4-6,10H,1-3H3,(H,14,15). The normalized spacial score (nSPS) is 11.6. The molecule has 3 heteroatoms. The van der Waals surface area contributed by atoms with E-state index in [1.807, 2.05) is 32.0 Å². The monoisotopic (exact) mass is 202 g/mol. The molecule has 0 aliphatic heterocycles. The van der Waals surface area contributed by atoms with Crippen molar-refractivity contribution in [1.29, 1.82) is 5.26 Å². The molecule has 1 aromatic rings. The Labute approximate surface area is 89.7 Å². The third kappa shape index (κ3) is 2.81. The second kappa shape index (κ2) is 4.61. The molecule has 1 atom stereocenters. The number of nitrogens with one attached hydrogen (secondary N) is 1. The Morgan fingerprint density at radius 3 is 2.67 bits per heavy atom. The van der Waals surface area contributed by atoms with Gasteiger partial charge in [-0.15, -0.1) is 0 Å². The van der Waals surface area contributed by atoms with E-state index >= 15 is 0 Å². The molecule has 0 spiro atoms. The molecule has 78 valence electrons. The fraction of sp³-hybridized carbons (Fsp3) is 0.333. The zero-order valence-electron chi connectivity index (χ0n) is 9.16. The van der Waals surface area contributed by atoms with Crippen LogP contribution >= 0.6 is 0 Å². The van der Waals surface area contributed by atoms with Crippen LogP contribution in [0.15, 0.2) is 18.2 Å². The number of carbonyl (C=O) groups excluding carboxylic acids is 1. The van der Waals surface area contributed by atoms with Crippen LogP contribution in [0.25, 0.3) is 0 Å². The van der Waals surface area contributed by atoms with Gasteiger partial charge in [0.05, 0.1) is 6.07 Å². The molecule has 0 saturated heterocycles. The van der Waals surface area contributed by atoms with Gasteiger partial charge >= 0.3 is 0 Å². The molecular formula is C12H14N2O. The molecule has 3 nitrogen and oxygen atoms in total. The first-order valence-corrected chi connectivity index (χ1v) is 4.82. The molecule has 1 N–H and O–H groups in total. The number of aryl methyl sites for hydroxylation is 2. The summed E-state index contributed by atoms with van der Waals surface area (Å²) in [6.45, 7) is 5.52. The summed E-state index contributed by atoms with van der Waals surface area (Å²) >= 11 is 0. The first-order chi connectivity index (χ1) is 7.04. The predicted octanol–water partition coefficient (Wildman–Crippen LogP) is 1.95. The number of nitrogens with zero attached hydrogens (tertiary/aromatic N) is 1. The fourth-order valence-corrected chi connectivity index (χ4v) is 1.38. The summed E-state index contributed by atoms with van der Waals surface area (Å²) in [6.07, 6.45) is 0. The van der Waals surface area contributed by atoms with Gasteiger partial charge in [0.2, 0.25) is 0 Å². The van der Waals surface area contributed by atoms with Crippen molar-refractivity contribution in [2.45, 2.75) is 26.8 Å². The van der Waals surface area contributed by atoms with Crippen molar-refractivity contribution in [2.75, 3.05) is 0 Å². The molecule has 1 aromatic carbocycles. The molecule has 1 amide bonds. The number of nitriles is 1. The number of hydrogen-bond donors (Lipinski definition) is 1. The minimum Gasteiger partial charge on any atom is -0.337 e. The maximum atomic E-state index is 11.7. The Morgan fingerprint density at radius 1 is 1.47 bits per heavy atom. The van der Waals surface area contributed by atoms with Gasteiger partial charge in [0, 0.05) is 5.56 Å². The Balaban J connectivity index is 2.88. The number of rotatable bonds is 2. The van der Waals surface area contributed by atoms with Crippen molar-refractivity contribution in [3.05, 3.63) is 34.9 Å². The minimum absolute atomic E-state index is 0.193. The van der Waals surface area contributed by atoms with E-state index in [0.29, 0.717) is 5.56 Å². The Hall–Kier alpha value is -1.82. The maximum Gasteiger partial charge on any atom is 0.252 e. The van der Waals surface area contributed by atoms with Crippen LogP contribution in [-0.2, 0) is 0 Å². The van der Waals surface area contributed by atoms with Gasteiger partial charge in [0.15, 0.2) is 0 Å². The summed E-state index contributed by atoms with van der Waals surface area (Å²) < 4.78 is 0. The molecule has 0 aromatic heterocycles. The number of carbonyl (C=O) groups is 1. The van der Waals surface area contributed by atoms with Gasteiger partial charge in [0.1, 0.15) is 6.04 Å². The molecular weight excluding hydrogens is 188 g/mol. The van der Waals surface area contributed by atoms with Crippen LogP contribution in [0.4, 0.5) is 0 Å². The van der Waals surface area contributed by atoms with Crippen molar-refractivity contribution in [1.82, 2.24) is 5.32 Å². The summed E-state index contributed by atoms with van der Waals surface area (Å²) in [7, 11) is 0. The molecule has 0 radical (unpaired) electrons. The van der Waals surface area contributed by atoms with Gasteiger partial charge in [-0.05, 0) is 32.4 Å². The van der Waals surface area contributed by atoms with E-state index in [0.717, 1.165) is 11.1 Å². The molecule has 0 aliphatic carbocycles. The predicted molar refractivity (Wildman–Crippen MR) is 58.5 cm³/mol. The lowest BCUT2D eigenvalue weighted by atomic mass is 10.1. The molecule has 1 unspecified atom stereocenters. The van der Waals surface area contributed by atoms with Crippen LogP contribution in [0.5, 0.6) is 0 Å². The molecule has 1 rings (SSSR count). The van der Waals surface area contributed by atoms with Crippen molar-refractivity contribution in [3.8, 4) is 6.07 Å². The summed E-state index contributed by atoms with van der Waals surface area (Å²) in [6, 6.07) is 7.12. The first kappa shape index (κ1) is 11.3. The smallest absolute Gasteiger partial charge is 0.252 e. The van der Waals surface area contributed by atoms with Crippen LogP contribution < -0.4 is 5.32 Å². The van der Waals surface area contributed by atoms with Gasteiger partial charge in [-0.1, -0.05) is 17.7 Å². The fourth-order valence-electron chi connectivity index (χ4n) is 1.38. The lowest BCUT2D eigenvalue weighted by molar-refractivity contribution is 0.0947. The van der Waals surface area contributed by atoms with Gasteiger partial charge in [-0.2, -0.15) is 5.26 Å². The second-order valence-electron chi connectivity index (χ2n) is 3.64. The first-order valence-electron chi connectivity index (χ1n) is 4.82. The van der Waals surface area contributed by atoms with Crippen molar-refractivity contribution >= 4 is 5.91 Å². The SMILES string of the molecule is Cc1ccc(C(=O)NC(C)C#N)c(C)c1. The van der Waals surface area contributed by atoms with Crippen LogP contribution in [0.1, 0.15) is 28.4 Å². The largest absolute Gasteiger partial charge is 0.337 e. The topological polar surface area (TPSA) is 52.9 Å². The van der Waals surface area contributed by atoms with Crippen molar-refractivity contribution < 1.29 is 4.79 Å². The highest BCUT2D eigenvalue weighted by molar-refractivity contribution is 5.96. The third-order valence-corrected chi connectivity index (χ3v) is 2.17. The summed E-state index contributed by atoms with van der Waals surface area (Å²) in [4.78, 5) is 11.7. The van der Waals surface area contributed by atoms with Gasteiger partial charge in [-0.3, -0.25) is 4.79 Å². The zero-order chi connectivity index (χ0) is 11.4. The van der Waals surface area contributed by atoms with Gasteiger partial charge in [-0.25, -0.2) is 0 Å². The van der Waals surface area contributed by atoms with Gasteiger partial charge in [0.25, 0.3) is 5.91 Å². The average molecular weight is 202 g/mol. The van der Waals surface area contributed by atoms with Gasteiger partial charge < -0.3 is 5.32 Å². The van der Waals surface area contributed by atoms with E-state index in [4.69, 9.17) is 5.26 Å². The van der Waals surface area contributed by atoms with Crippen molar-refractivity contribution in [3.63, 3.8) is 0 Å². The zero-order valence-corrected chi connectivity index (χ0v) is 9.16. The van der Waals surface area contributed by atoms with Crippen LogP contribution in [0.3, 0.4) is 0 Å². The van der Waals surface area contributed by atoms with E-state index in [9.17, 15) is 4.79 Å². The number of benzene rings is 1. The summed E-state index contributed by atoms with van der Waals surface area (Å²) in [5, 5.41) is 11.2. The number of amides is 1. The quantitative estimate of drug-likeness (QED) is 0.796. The van der Waals surface area contributed by atoms with E-state index in [2.05, 4.69) is 5.32 Å². The highest BCUT2D eigenvalue weighted by Crippen LogP contribution is 2.10. The Kier molecular flexibility index (Phi) is 3.46. The number of hydrogen-bond acceptors (Lipinski definition) is 2. The minimum atomic E-state index is -0.460. The van der Waals surface area contributed by atoms with E-state index < -0.39 is 6.04 Å². The molecule has 15 heavy (non-hydrogen) atoms. The summed E-state index contributed by atoms with van der Waals surface area (Å²) in [5.74, 6) is -0.193. The molecule has 0 saturated carbocycles. The lowest BCUT2D eigenvalue weighted by Crippen LogP contribution is -2.31. The molecule has 0 fully saturated rings. The summed E-state index contributed by atoms with van der Waals surface area (Å²) in [5.41, 5.74) is 2.68. The highest BCUT2D eigenvalue weighted by Gasteiger charge is 2.10. The van der Waals surface area contributed by atoms with E-state index in [1.165, 1.54) is 0 Å². The van der Waals surface area contributed by atoms with Crippen molar-refractivity contribution in [2.24, 2.45) is 0 Å². The Morgan fingerprint density at radius 2 is 2.13 bits per heavy atom.